The number of rotatable bonds is 6. The Morgan fingerprint density at radius 3 is 2.12 bits per heavy atom. The Labute approximate surface area is 151 Å². The van der Waals surface area contributed by atoms with Gasteiger partial charge in [-0.05, 0) is 18.2 Å². The Morgan fingerprint density at radius 1 is 1.08 bits per heavy atom. The van der Waals surface area contributed by atoms with E-state index >= 15 is 0 Å². The van der Waals surface area contributed by atoms with Gasteiger partial charge in [-0.15, -0.1) is 26.3 Å². The Balaban J connectivity index is 2.97. The van der Waals surface area contributed by atoms with Gasteiger partial charge in [-0.3, -0.25) is 0 Å². The highest BCUT2D eigenvalue weighted by Gasteiger charge is 2.34. The van der Waals surface area contributed by atoms with E-state index in [0.29, 0.717) is 0 Å². The van der Waals surface area contributed by atoms with Crippen LogP contribution in [0.4, 0.5) is 26.3 Å². The third-order valence-corrected chi connectivity index (χ3v) is 2.68. The van der Waals surface area contributed by atoms with Gasteiger partial charge in [0.1, 0.15) is 11.5 Å². The van der Waals surface area contributed by atoms with Crippen LogP contribution < -0.4 is 9.47 Å². The number of hydrogen-bond acceptors (Lipinski definition) is 3. The molecule has 1 aromatic carbocycles. The van der Waals surface area contributed by atoms with Gasteiger partial charge in [-0.1, -0.05) is 40.7 Å². The summed E-state index contributed by atoms with van der Waals surface area (Å²) in [6.07, 6.45) is -9.14. The minimum Gasteiger partial charge on any atom is -0.454 e. The summed E-state index contributed by atoms with van der Waals surface area (Å²) in [5.74, 6) is -2.30. The molecule has 0 atom stereocenters. The Bertz CT molecular complexity index is 697. The van der Waals surface area contributed by atoms with E-state index in [2.05, 4.69) is 38.6 Å². The minimum atomic E-state index is -5.03. The molecule has 0 unspecified atom stereocenters. The van der Waals surface area contributed by atoms with Gasteiger partial charge < -0.3 is 14.2 Å². The number of benzene rings is 1. The third-order valence-electron chi connectivity index (χ3n) is 2.16. The second kappa shape index (κ2) is 8.05. The van der Waals surface area contributed by atoms with E-state index in [4.69, 9.17) is 16.3 Å². The van der Waals surface area contributed by atoms with Crippen molar-refractivity contribution in [2.75, 3.05) is 0 Å². The summed E-state index contributed by atoms with van der Waals surface area (Å²) in [7, 11) is 0. The van der Waals surface area contributed by atoms with Gasteiger partial charge in [0.05, 0.1) is 5.02 Å². The molecule has 0 heterocycles. The summed E-state index contributed by atoms with van der Waals surface area (Å²) < 4.78 is 86.0. The highest BCUT2D eigenvalue weighted by Crippen LogP contribution is 2.34. The van der Waals surface area contributed by atoms with Crippen LogP contribution in [0.1, 0.15) is 0 Å². The highest BCUT2D eigenvalue weighted by atomic mass is 79.9. The SMILES string of the molecule is C=C(Br)/C=C(/OC(F)(F)F)C(=C)Oc1ccc(OC(F)(F)F)c(Cl)c1. The van der Waals surface area contributed by atoms with E-state index in [9.17, 15) is 26.3 Å². The zero-order valence-electron chi connectivity index (χ0n) is 12.0. The largest absolute Gasteiger partial charge is 0.573 e. The van der Waals surface area contributed by atoms with Gasteiger partial charge in [-0.25, -0.2) is 0 Å². The van der Waals surface area contributed by atoms with E-state index in [0.717, 1.165) is 24.3 Å². The number of allylic oxidation sites excluding steroid dienone is 2. The van der Waals surface area contributed by atoms with Crippen LogP contribution in [0.3, 0.4) is 0 Å². The van der Waals surface area contributed by atoms with E-state index < -0.39 is 35.0 Å². The molecular formula is C14H8BrClF6O3. The van der Waals surface area contributed by atoms with Crippen molar-refractivity contribution in [2.24, 2.45) is 0 Å². The molecule has 25 heavy (non-hydrogen) atoms. The molecule has 3 nitrogen and oxygen atoms in total. The quantitative estimate of drug-likeness (QED) is 0.281. The molecule has 0 aliphatic heterocycles. The predicted octanol–water partition coefficient (Wildman–Crippen LogP) is 6.46. The van der Waals surface area contributed by atoms with Crippen molar-refractivity contribution in [1.29, 1.82) is 0 Å². The zero-order chi connectivity index (χ0) is 19.4. The first-order chi connectivity index (χ1) is 11.3. The van der Waals surface area contributed by atoms with Crippen molar-refractivity contribution in [2.45, 2.75) is 12.7 Å². The smallest absolute Gasteiger partial charge is 0.454 e. The van der Waals surface area contributed by atoms with E-state index in [1.165, 1.54) is 0 Å². The molecule has 0 aliphatic carbocycles. The van der Waals surface area contributed by atoms with E-state index in [1.54, 1.807) is 0 Å². The standard InChI is InChI=1S/C14H8BrClF6O3/c1-7(15)5-12(25-14(20,21)22)8(2)23-9-3-4-11(10(16)6-9)24-13(17,18)19/h3-6H,1-2H2/b12-5+. The average molecular weight is 454 g/mol. The molecule has 0 saturated carbocycles. The Morgan fingerprint density at radius 2 is 1.68 bits per heavy atom. The van der Waals surface area contributed by atoms with Crippen molar-refractivity contribution >= 4 is 27.5 Å². The molecule has 1 aromatic rings. The lowest BCUT2D eigenvalue weighted by molar-refractivity contribution is -0.305. The minimum absolute atomic E-state index is 0.0310. The molecule has 1 rings (SSSR count). The van der Waals surface area contributed by atoms with Crippen LogP contribution in [0.25, 0.3) is 0 Å². The maximum absolute atomic E-state index is 12.4. The maximum Gasteiger partial charge on any atom is 0.573 e. The lowest BCUT2D eigenvalue weighted by Crippen LogP contribution is -2.17. The zero-order valence-corrected chi connectivity index (χ0v) is 14.3. The summed E-state index contributed by atoms with van der Waals surface area (Å²) in [5, 5.41) is -0.477. The highest BCUT2D eigenvalue weighted by molar-refractivity contribution is 9.11. The van der Waals surface area contributed by atoms with Crippen molar-refractivity contribution in [3.63, 3.8) is 0 Å². The van der Waals surface area contributed by atoms with Gasteiger partial charge in [0.2, 0.25) is 0 Å². The molecule has 0 amide bonds. The Kier molecular flexibility index (Phi) is 6.83. The second-order valence-electron chi connectivity index (χ2n) is 4.17. The summed E-state index contributed by atoms with van der Waals surface area (Å²) in [6.45, 7) is 6.59. The van der Waals surface area contributed by atoms with Gasteiger partial charge >= 0.3 is 12.7 Å². The maximum atomic E-state index is 12.4. The molecule has 11 heteroatoms. The molecule has 0 spiro atoms. The van der Waals surface area contributed by atoms with Crippen molar-refractivity contribution in [1.82, 2.24) is 0 Å². The van der Waals surface area contributed by atoms with Crippen LogP contribution in [-0.4, -0.2) is 12.7 Å². The van der Waals surface area contributed by atoms with Crippen LogP contribution in [0, 0.1) is 0 Å². The number of alkyl halides is 6. The van der Waals surface area contributed by atoms with Crippen LogP contribution >= 0.6 is 27.5 Å². The molecule has 138 valence electrons. The second-order valence-corrected chi connectivity index (χ2v) is 5.59. The number of hydrogen-bond donors (Lipinski definition) is 0. The first-order valence-electron chi connectivity index (χ1n) is 6.01. The number of ether oxygens (including phenoxy) is 3. The summed E-state index contributed by atoms with van der Waals surface area (Å²) in [6, 6.07) is 2.73. The van der Waals surface area contributed by atoms with Crippen LogP contribution in [0.2, 0.25) is 5.02 Å². The van der Waals surface area contributed by atoms with Crippen molar-refractivity contribution < 1.29 is 40.6 Å². The lowest BCUT2D eigenvalue weighted by Gasteiger charge is -2.16. The lowest BCUT2D eigenvalue weighted by atomic mass is 10.3. The normalized spacial score (nSPS) is 12.6. The topological polar surface area (TPSA) is 27.7 Å². The number of halogens is 8. The fourth-order valence-corrected chi connectivity index (χ4v) is 1.80. The molecular weight excluding hydrogens is 445 g/mol. The van der Waals surface area contributed by atoms with Gasteiger partial charge in [0, 0.05) is 10.5 Å². The molecule has 0 saturated heterocycles. The van der Waals surface area contributed by atoms with Crippen LogP contribution in [0.15, 0.2) is 53.4 Å². The molecule has 0 N–H and O–H groups in total. The van der Waals surface area contributed by atoms with E-state index in [1.807, 2.05) is 0 Å². The molecule has 0 radical (unpaired) electrons. The summed E-state index contributed by atoms with van der Waals surface area (Å²) in [5.41, 5.74) is 0. The van der Waals surface area contributed by atoms with Gasteiger partial charge in [0.25, 0.3) is 0 Å². The van der Waals surface area contributed by atoms with Crippen LogP contribution in [-0.2, 0) is 4.74 Å². The first kappa shape index (κ1) is 21.2. The van der Waals surface area contributed by atoms with E-state index in [-0.39, 0.29) is 10.2 Å². The van der Waals surface area contributed by atoms with Crippen molar-refractivity contribution in [3.05, 3.63) is 58.5 Å². The molecule has 0 bridgehead atoms. The molecule has 0 fully saturated rings. The first-order valence-corrected chi connectivity index (χ1v) is 7.18. The van der Waals surface area contributed by atoms with Crippen molar-refractivity contribution in [3.8, 4) is 11.5 Å². The predicted molar refractivity (Wildman–Crippen MR) is 81.2 cm³/mol. The molecule has 0 aromatic heterocycles. The molecule has 0 aliphatic rings. The summed E-state index contributed by atoms with van der Waals surface area (Å²) in [4.78, 5) is 0. The fraction of sp³-hybridized carbons (Fsp3) is 0.143. The average Bonchev–Trinajstić information content (AvgIpc) is 2.37. The third kappa shape index (κ3) is 8.21. The summed E-state index contributed by atoms with van der Waals surface area (Å²) >= 11 is 8.43. The monoisotopic (exact) mass is 452 g/mol. The van der Waals surface area contributed by atoms with Gasteiger partial charge in [0.15, 0.2) is 11.5 Å². The fourth-order valence-electron chi connectivity index (χ4n) is 1.38. The van der Waals surface area contributed by atoms with Gasteiger partial charge in [-0.2, -0.15) is 0 Å². The Hall–Kier alpha value is -1.81. The van der Waals surface area contributed by atoms with Crippen LogP contribution in [0.5, 0.6) is 11.5 Å².